The van der Waals surface area contributed by atoms with Gasteiger partial charge in [0, 0.05) is 23.0 Å². The highest BCUT2D eigenvalue weighted by molar-refractivity contribution is 6.09. The number of carboxylic acids is 1. The van der Waals surface area contributed by atoms with Gasteiger partial charge in [0.1, 0.15) is 5.69 Å². The summed E-state index contributed by atoms with van der Waals surface area (Å²) in [5.74, 6) is -1.36. The van der Waals surface area contributed by atoms with Crippen LogP contribution < -0.4 is 4.90 Å². The van der Waals surface area contributed by atoms with Crippen molar-refractivity contribution in [3.8, 4) is 11.3 Å². The van der Waals surface area contributed by atoms with E-state index in [0.29, 0.717) is 17.1 Å². The van der Waals surface area contributed by atoms with E-state index in [9.17, 15) is 9.59 Å². The molecule has 6 nitrogen and oxygen atoms in total. The first-order valence-corrected chi connectivity index (χ1v) is 8.88. The smallest absolute Gasteiger partial charge is 0.335 e. The monoisotopic (exact) mass is 384 g/mol. The second kappa shape index (κ2) is 7.82. The van der Waals surface area contributed by atoms with Crippen LogP contribution in [-0.4, -0.2) is 22.1 Å². The maximum Gasteiger partial charge on any atom is 0.335 e. The molecule has 29 heavy (non-hydrogen) atoms. The van der Waals surface area contributed by atoms with E-state index in [-0.39, 0.29) is 11.3 Å². The molecule has 0 aliphatic carbocycles. The van der Waals surface area contributed by atoms with E-state index >= 15 is 0 Å². The zero-order valence-corrected chi connectivity index (χ0v) is 15.2. The van der Waals surface area contributed by atoms with Gasteiger partial charge in [-0.2, -0.15) is 0 Å². The number of para-hydroxylation sites is 1. The van der Waals surface area contributed by atoms with E-state index in [1.165, 1.54) is 17.0 Å². The number of rotatable bonds is 5. The lowest BCUT2D eigenvalue weighted by Crippen LogP contribution is -2.25. The molecule has 0 unspecified atom stereocenters. The fraction of sp³-hybridized carbons (Fsp3) is 0. The van der Waals surface area contributed by atoms with E-state index in [2.05, 4.69) is 5.16 Å². The zero-order valence-electron chi connectivity index (χ0n) is 15.2. The summed E-state index contributed by atoms with van der Waals surface area (Å²) in [6, 6.07) is 26.2. The molecule has 0 saturated carbocycles. The highest BCUT2D eigenvalue weighted by Gasteiger charge is 2.24. The molecule has 1 aromatic heterocycles. The number of amides is 1. The average molecular weight is 384 g/mol. The minimum Gasteiger partial charge on any atom is -0.478 e. The predicted octanol–water partition coefficient (Wildman–Crippen LogP) is 5.02. The third-order valence-electron chi connectivity index (χ3n) is 4.38. The summed E-state index contributed by atoms with van der Waals surface area (Å²) < 4.78 is 5.33. The standard InChI is InChI=1S/C23H16N2O4/c26-22(21-15-20(24-29-21)16-7-3-1-4-8-16)25(18-9-5-2-6-10-18)19-13-11-17(12-14-19)23(27)28/h1-15H,(H,27,28). The summed E-state index contributed by atoms with van der Waals surface area (Å²) in [6.07, 6.45) is 0. The molecule has 0 spiro atoms. The lowest BCUT2D eigenvalue weighted by Gasteiger charge is -2.21. The number of nitrogens with zero attached hydrogens (tertiary/aromatic N) is 2. The van der Waals surface area contributed by atoms with Gasteiger partial charge < -0.3 is 9.63 Å². The Kier molecular flexibility index (Phi) is 4.90. The second-order valence-corrected chi connectivity index (χ2v) is 6.27. The summed E-state index contributed by atoms with van der Waals surface area (Å²) in [5, 5.41) is 13.1. The number of anilines is 2. The highest BCUT2D eigenvalue weighted by Crippen LogP contribution is 2.29. The number of benzene rings is 3. The molecule has 4 aromatic rings. The fourth-order valence-corrected chi connectivity index (χ4v) is 2.94. The number of carboxylic acid groups (broad SMARTS) is 1. The minimum absolute atomic E-state index is 0.0787. The van der Waals surface area contributed by atoms with Crippen LogP contribution in [0.25, 0.3) is 11.3 Å². The van der Waals surface area contributed by atoms with Crippen molar-refractivity contribution in [2.24, 2.45) is 0 Å². The van der Waals surface area contributed by atoms with Gasteiger partial charge in [-0.3, -0.25) is 9.69 Å². The van der Waals surface area contributed by atoms with Crippen molar-refractivity contribution in [1.29, 1.82) is 0 Å². The fourth-order valence-electron chi connectivity index (χ4n) is 2.94. The van der Waals surface area contributed by atoms with Gasteiger partial charge in [0.15, 0.2) is 0 Å². The van der Waals surface area contributed by atoms with Gasteiger partial charge in [-0.25, -0.2) is 4.79 Å². The SMILES string of the molecule is O=C(O)c1ccc(N(C(=O)c2cc(-c3ccccc3)no2)c2ccccc2)cc1. The van der Waals surface area contributed by atoms with Gasteiger partial charge in [-0.05, 0) is 36.4 Å². The Morgan fingerprint density at radius 3 is 2.00 bits per heavy atom. The van der Waals surface area contributed by atoms with E-state index in [1.54, 1.807) is 30.3 Å². The van der Waals surface area contributed by atoms with E-state index < -0.39 is 11.9 Å². The maximum atomic E-state index is 13.3. The molecule has 0 radical (unpaired) electrons. The van der Waals surface area contributed by atoms with E-state index in [0.717, 1.165) is 5.56 Å². The molecule has 0 aliphatic heterocycles. The molecule has 142 valence electrons. The summed E-state index contributed by atoms with van der Waals surface area (Å²) in [6.45, 7) is 0. The van der Waals surface area contributed by atoms with Gasteiger partial charge in [0.2, 0.25) is 5.76 Å². The van der Waals surface area contributed by atoms with Gasteiger partial charge in [-0.1, -0.05) is 53.7 Å². The average Bonchev–Trinajstić information content (AvgIpc) is 3.26. The lowest BCUT2D eigenvalue weighted by molar-refractivity contribution is 0.0696. The van der Waals surface area contributed by atoms with Crippen LogP contribution in [0.2, 0.25) is 0 Å². The summed E-state index contributed by atoms with van der Waals surface area (Å²) in [5.41, 5.74) is 2.68. The molecule has 0 atom stereocenters. The van der Waals surface area contributed by atoms with Crippen LogP contribution in [0.3, 0.4) is 0 Å². The Morgan fingerprint density at radius 1 is 0.793 bits per heavy atom. The molecule has 0 fully saturated rings. The van der Waals surface area contributed by atoms with Crippen molar-refractivity contribution in [3.05, 3.63) is 102 Å². The molecule has 0 saturated heterocycles. The Labute approximate surface area is 166 Å². The first-order valence-electron chi connectivity index (χ1n) is 8.88. The van der Waals surface area contributed by atoms with Crippen LogP contribution in [0.5, 0.6) is 0 Å². The molecule has 4 rings (SSSR count). The van der Waals surface area contributed by atoms with Crippen molar-refractivity contribution < 1.29 is 19.2 Å². The van der Waals surface area contributed by atoms with Crippen LogP contribution in [0, 0.1) is 0 Å². The van der Waals surface area contributed by atoms with Crippen molar-refractivity contribution in [3.63, 3.8) is 0 Å². The van der Waals surface area contributed by atoms with Crippen molar-refractivity contribution in [2.45, 2.75) is 0 Å². The number of carbonyl (C=O) groups is 2. The number of hydrogen-bond donors (Lipinski definition) is 1. The van der Waals surface area contributed by atoms with Gasteiger partial charge in [0.25, 0.3) is 0 Å². The van der Waals surface area contributed by atoms with Crippen LogP contribution in [0.15, 0.2) is 95.5 Å². The first-order chi connectivity index (χ1) is 14.1. The summed E-state index contributed by atoms with van der Waals surface area (Å²) in [7, 11) is 0. The van der Waals surface area contributed by atoms with Crippen molar-refractivity contribution in [1.82, 2.24) is 5.16 Å². The molecule has 1 amide bonds. The molecular weight excluding hydrogens is 368 g/mol. The zero-order chi connectivity index (χ0) is 20.2. The third kappa shape index (κ3) is 3.77. The van der Waals surface area contributed by atoms with Crippen molar-refractivity contribution in [2.75, 3.05) is 4.90 Å². The minimum atomic E-state index is -1.03. The van der Waals surface area contributed by atoms with Crippen LogP contribution in [0.1, 0.15) is 20.9 Å². The Balaban J connectivity index is 1.73. The normalized spacial score (nSPS) is 10.5. The number of aromatic carboxylic acids is 1. The number of hydrogen-bond acceptors (Lipinski definition) is 4. The highest BCUT2D eigenvalue weighted by atomic mass is 16.5. The Bertz CT molecular complexity index is 1140. The van der Waals surface area contributed by atoms with Gasteiger partial charge >= 0.3 is 11.9 Å². The summed E-state index contributed by atoms with van der Waals surface area (Å²) >= 11 is 0. The molecule has 6 heteroatoms. The number of carbonyl (C=O) groups excluding carboxylic acids is 1. The maximum absolute atomic E-state index is 13.3. The van der Waals surface area contributed by atoms with Crippen LogP contribution in [0.4, 0.5) is 11.4 Å². The quantitative estimate of drug-likeness (QED) is 0.522. The van der Waals surface area contributed by atoms with Gasteiger partial charge in [0.05, 0.1) is 5.56 Å². The van der Waals surface area contributed by atoms with E-state index in [1.807, 2.05) is 48.5 Å². The molecule has 0 bridgehead atoms. The van der Waals surface area contributed by atoms with Gasteiger partial charge in [-0.15, -0.1) is 0 Å². The molecule has 1 heterocycles. The summed E-state index contributed by atoms with van der Waals surface area (Å²) in [4.78, 5) is 25.9. The molecule has 0 aliphatic rings. The molecule has 3 aromatic carbocycles. The number of aromatic nitrogens is 1. The third-order valence-corrected chi connectivity index (χ3v) is 4.38. The van der Waals surface area contributed by atoms with Crippen molar-refractivity contribution >= 4 is 23.3 Å². The Morgan fingerprint density at radius 2 is 1.38 bits per heavy atom. The molecular formula is C23H16N2O4. The Hall–Kier alpha value is -4.19. The largest absolute Gasteiger partial charge is 0.478 e. The predicted molar refractivity (Wildman–Crippen MR) is 108 cm³/mol. The van der Waals surface area contributed by atoms with Crippen LogP contribution >= 0.6 is 0 Å². The topological polar surface area (TPSA) is 83.6 Å². The van der Waals surface area contributed by atoms with E-state index in [4.69, 9.17) is 9.63 Å². The lowest BCUT2D eigenvalue weighted by atomic mass is 10.1. The van der Waals surface area contributed by atoms with Crippen LogP contribution in [-0.2, 0) is 0 Å². The molecule has 1 N–H and O–H groups in total. The first kappa shape index (κ1) is 18.2. The second-order valence-electron chi connectivity index (χ2n) is 6.27.